The van der Waals surface area contributed by atoms with Crippen LogP contribution in [-0.2, 0) is 13.0 Å². The molecule has 0 bridgehead atoms. The van der Waals surface area contributed by atoms with Crippen LogP contribution in [0.4, 0.5) is 28.0 Å². The van der Waals surface area contributed by atoms with Gasteiger partial charge in [0.15, 0.2) is 0 Å². The van der Waals surface area contributed by atoms with E-state index >= 15 is 0 Å². The predicted octanol–water partition coefficient (Wildman–Crippen LogP) is 6.29. The smallest absolute Gasteiger partial charge is 0.406 e. The minimum absolute atomic E-state index is 0.135. The largest absolute Gasteiger partial charge is 0.573 e. The SMILES string of the molecule is Cc1ccc(F)c(NC(=O)N2CCc3c(cccc3-c3ccc(OC(F)(F)F)cc3)C2)c1. The Morgan fingerprint density at radius 2 is 1.81 bits per heavy atom. The zero-order chi connectivity index (χ0) is 22.9. The second-order valence-corrected chi connectivity index (χ2v) is 7.60. The Labute approximate surface area is 182 Å². The van der Waals surface area contributed by atoms with Gasteiger partial charge in [0.1, 0.15) is 11.6 Å². The molecule has 4 nitrogen and oxygen atoms in total. The molecule has 0 radical (unpaired) electrons. The third-order valence-electron chi connectivity index (χ3n) is 5.32. The minimum Gasteiger partial charge on any atom is -0.406 e. The molecule has 1 heterocycles. The number of amides is 2. The number of fused-ring (bicyclic) bond motifs is 1. The Kier molecular flexibility index (Phi) is 5.78. The van der Waals surface area contributed by atoms with Crippen LogP contribution >= 0.6 is 0 Å². The molecule has 0 spiro atoms. The van der Waals surface area contributed by atoms with Gasteiger partial charge in [0.05, 0.1) is 5.69 Å². The highest BCUT2D eigenvalue weighted by atomic mass is 19.4. The molecule has 8 heteroatoms. The zero-order valence-electron chi connectivity index (χ0n) is 17.2. The number of rotatable bonds is 3. The Hall–Kier alpha value is -3.55. The molecular formula is C24H20F4N2O2. The molecule has 4 rings (SSSR count). The summed E-state index contributed by atoms with van der Waals surface area (Å²) in [6.07, 6.45) is -4.17. The number of urea groups is 1. The molecule has 2 amide bonds. The van der Waals surface area contributed by atoms with Crippen molar-refractivity contribution in [3.8, 4) is 16.9 Å². The van der Waals surface area contributed by atoms with Crippen LogP contribution in [0.1, 0.15) is 16.7 Å². The van der Waals surface area contributed by atoms with Gasteiger partial charge < -0.3 is 15.0 Å². The van der Waals surface area contributed by atoms with Crippen LogP contribution in [0, 0.1) is 12.7 Å². The van der Waals surface area contributed by atoms with Crippen molar-refractivity contribution in [3.05, 3.63) is 83.2 Å². The lowest BCUT2D eigenvalue weighted by Crippen LogP contribution is -2.39. The molecule has 32 heavy (non-hydrogen) atoms. The summed E-state index contributed by atoms with van der Waals surface area (Å²) < 4.78 is 55.1. The van der Waals surface area contributed by atoms with Gasteiger partial charge in [0, 0.05) is 13.1 Å². The van der Waals surface area contributed by atoms with Crippen molar-refractivity contribution in [2.45, 2.75) is 26.3 Å². The summed E-state index contributed by atoms with van der Waals surface area (Å²) in [7, 11) is 0. The zero-order valence-corrected chi connectivity index (χ0v) is 17.2. The van der Waals surface area contributed by atoms with E-state index in [1.165, 1.54) is 18.2 Å². The first kappa shape index (κ1) is 21.7. The molecule has 0 aliphatic carbocycles. The summed E-state index contributed by atoms with van der Waals surface area (Å²) in [5.41, 5.74) is 4.59. The number of aryl methyl sites for hydroxylation is 1. The molecule has 1 aliphatic heterocycles. The number of carbonyl (C=O) groups is 1. The molecular weight excluding hydrogens is 424 g/mol. The van der Waals surface area contributed by atoms with E-state index < -0.39 is 12.2 Å². The molecule has 3 aromatic carbocycles. The topological polar surface area (TPSA) is 41.6 Å². The fraction of sp³-hybridized carbons (Fsp3) is 0.208. The van der Waals surface area contributed by atoms with Gasteiger partial charge in [-0.25, -0.2) is 9.18 Å². The average molecular weight is 444 g/mol. The molecule has 3 aromatic rings. The number of nitrogens with zero attached hydrogens (tertiary/aromatic N) is 1. The molecule has 0 fully saturated rings. The third kappa shape index (κ3) is 4.85. The number of hydrogen-bond acceptors (Lipinski definition) is 2. The maximum absolute atomic E-state index is 14.0. The third-order valence-corrected chi connectivity index (χ3v) is 5.32. The van der Waals surface area contributed by atoms with E-state index in [0.717, 1.165) is 27.8 Å². The Morgan fingerprint density at radius 1 is 1.06 bits per heavy atom. The number of halogens is 4. The lowest BCUT2D eigenvalue weighted by Gasteiger charge is -2.30. The minimum atomic E-state index is -4.74. The first-order valence-electron chi connectivity index (χ1n) is 9.98. The van der Waals surface area contributed by atoms with Gasteiger partial charge in [0.2, 0.25) is 0 Å². The van der Waals surface area contributed by atoms with E-state index in [0.29, 0.717) is 19.5 Å². The lowest BCUT2D eigenvalue weighted by molar-refractivity contribution is -0.274. The summed E-state index contributed by atoms with van der Waals surface area (Å²) in [5.74, 6) is -0.779. The monoisotopic (exact) mass is 444 g/mol. The summed E-state index contributed by atoms with van der Waals surface area (Å²) in [6, 6.07) is 15.5. The van der Waals surface area contributed by atoms with Crippen molar-refractivity contribution in [1.29, 1.82) is 0 Å². The second kappa shape index (κ2) is 8.53. The molecule has 1 N–H and O–H groups in total. The van der Waals surface area contributed by atoms with Crippen LogP contribution in [0.25, 0.3) is 11.1 Å². The standard InChI is InChI=1S/C24H20F4N2O2/c1-15-5-10-21(25)22(13-15)29-23(31)30-12-11-20-17(14-30)3-2-4-19(20)16-6-8-18(9-7-16)32-24(26,27)28/h2-10,13H,11-12,14H2,1H3,(H,29,31). The van der Waals surface area contributed by atoms with Crippen LogP contribution in [0.3, 0.4) is 0 Å². The molecule has 0 saturated carbocycles. The second-order valence-electron chi connectivity index (χ2n) is 7.60. The maximum atomic E-state index is 14.0. The van der Waals surface area contributed by atoms with Crippen LogP contribution in [-0.4, -0.2) is 23.8 Å². The summed E-state index contributed by atoms with van der Waals surface area (Å²) in [6.45, 7) is 2.59. The average Bonchev–Trinajstić information content (AvgIpc) is 2.75. The van der Waals surface area contributed by atoms with Crippen molar-refractivity contribution in [1.82, 2.24) is 4.90 Å². The van der Waals surface area contributed by atoms with E-state index in [1.807, 2.05) is 25.1 Å². The van der Waals surface area contributed by atoms with Gasteiger partial charge in [-0.15, -0.1) is 13.2 Å². The van der Waals surface area contributed by atoms with E-state index in [1.54, 1.807) is 29.2 Å². The first-order chi connectivity index (χ1) is 15.2. The summed E-state index contributed by atoms with van der Waals surface area (Å²) >= 11 is 0. The van der Waals surface area contributed by atoms with E-state index in [-0.39, 0.29) is 17.5 Å². The van der Waals surface area contributed by atoms with Crippen LogP contribution in [0.2, 0.25) is 0 Å². The summed E-state index contributed by atoms with van der Waals surface area (Å²) in [4.78, 5) is 14.3. The molecule has 0 saturated heterocycles. The molecule has 0 unspecified atom stereocenters. The van der Waals surface area contributed by atoms with Crippen molar-refractivity contribution in [2.75, 3.05) is 11.9 Å². The number of ether oxygens (including phenoxy) is 1. The predicted molar refractivity (Wildman–Crippen MR) is 113 cm³/mol. The normalized spacial score (nSPS) is 13.5. The molecule has 0 atom stereocenters. The number of carbonyl (C=O) groups excluding carboxylic acids is 1. The maximum Gasteiger partial charge on any atom is 0.573 e. The number of nitrogens with one attached hydrogen (secondary N) is 1. The Bertz CT molecular complexity index is 1140. The van der Waals surface area contributed by atoms with Gasteiger partial charge in [-0.3, -0.25) is 0 Å². The van der Waals surface area contributed by atoms with Crippen LogP contribution in [0.15, 0.2) is 60.7 Å². The van der Waals surface area contributed by atoms with Crippen molar-refractivity contribution in [3.63, 3.8) is 0 Å². The van der Waals surface area contributed by atoms with Crippen LogP contribution < -0.4 is 10.1 Å². The first-order valence-corrected chi connectivity index (χ1v) is 9.98. The number of anilines is 1. The van der Waals surface area contributed by atoms with Crippen molar-refractivity contribution >= 4 is 11.7 Å². The quantitative estimate of drug-likeness (QED) is 0.483. The highest BCUT2D eigenvalue weighted by molar-refractivity contribution is 5.90. The Balaban J connectivity index is 1.51. The Morgan fingerprint density at radius 3 is 2.53 bits per heavy atom. The van der Waals surface area contributed by atoms with E-state index in [9.17, 15) is 22.4 Å². The van der Waals surface area contributed by atoms with Gasteiger partial charge in [-0.1, -0.05) is 36.4 Å². The highest BCUT2D eigenvalue weighted by Crippen LogP contribution is 2.32. The summed E-state index contributed by atoms with van der Waals surface area (Å²) in [5, 5.41) is 2.63. The fourth-order valence-corrected chi connectivity index (χ4v) is 3.82. The van der Waals surface area contributed by atoms with Gasteiger partial charge >= 0.3 is 12.4 Å². The van der Waals surface area contributed by atoms with E-state index in [4.69, 9.17) is 0 Å². The number of alkyl halides is 3. The lowest BCUT2D eigenvalue weighted by atomic mass is 9.91. The molecule has 0 aromatic heterocycles. The molecule has 166 valence electrons. The van der Waals surface area contributed by atoms with Crippen molar-refractivity contribution in [2.24, 2.45) is 0 Å². The van der Waals surface area contributed by atoms with Crippen LogP contribution in [0.5, 0.6) is 5.75 Å². The fourth-order valence-electron chi connectivity index (χ4n) is 3.82. The van der Waals surface area contributed by atoms with Gasteiger partial charge in [-0.05, 0) is 65.4 Å². The van der Waals surface area contributed by atoms with E-state index in [2.05, 4.69) is 10.1 Å². The number of hydrogen-bond donors (Lipinski definition) is 1. The molecule has 1 aliphatic rings. The van der Waals surface area contributed by atoms with Crippen molar-refractivity contribution < 1.29 is 27.1 Å². The highest BCUT2D eigenvalue weighted by Gasteiger charge is 2.31. The number of benzene rings is 3. The van der Waals surface area contributed by atoms with Gasteiger partial charge in [0.25, 0.3) is 0 Å². The van der Waals surface area contributed by atoms with Gasteiger partial charge in [-0.2, -0.15) is 0 Å².